The average molecular weight is 457 g/mol. The van der Waals surface area contributed by atoms with Crippen molar-refractivity contribution in [3.8, 4) is 0 Å². The van der Waals surface area contributed by atoms with Gasteiger partial charge in [0.15, 0.2) is 5.96 Å². The molecular formula is C17H40IN5O. The molecule has 0 aromatic carbocycles. The summed E-state index contributed by atoms with van der Waals surface area (Å²) in [6.07, 6.45) is 2.25. The van der Waals surface area contributed by atoms with Gasteiger partial charge in [-0.1, -0.05) is 6.92 Å². The van der Waals surface area contributed by atoms with E-state index in [0.717, 1.165) is 58.3 Å². The second kappa shape index (κ2) is 17.7. The summed E-state index contributed by atoms with van der Waals surface area (Å²) < 4.78 is 5.08. The summed E-state index contributed by atoms with van der Waals surface area (Å²) >= 11 is 0. The van der Waals surface area contributed by atoms with E-state index in [0.29, 0.717) is 6.04 Å². The van der Waals surface area contributed by atoms with Crippen molar-refractivity contribution >= 4 is 29.9 Å². The van der Waals surface area contributed by atoms with Crippen LogP contribution in [0.15, 0.2) is 4.99 Å². The summed E-state index contributed by atoms with van der Waals surface area (Å²) in [5.41, 5.74) is 0. The van der Waals surface area contributed by atoms with E-state index in [1.54, 1.807) is 7.11 Å². The number of hydrogen-bond acceptors (Lipinski definition) is 4. The maximum absolute atomic E-state index is 5.08. The smallest absolute Gasteiger partial charge is 0.191 e. The molecule has 1 unspecified atom stereocenters. The van der Waals surface area contributed by atoms with Crippen molar-refractivity contribution in [2.24, 2.45) is 4.99 Å². The molecule has 0 aromatic heterocycles. The van der Waals surface area contributed by atoms with Crippen molar-refractivity contribution < 1.29 is 4.74 Å². The molecule has 0 aliphatic carbocycles. The van der Waals surface area contributed by atoms with Gasteiger partial charge < -0.3 is 25.2 Å². The molecule has 2 N–H and O–H groups in total. The zero-order chi connectivity index (χ0) is 17.5. The summed E-state index contributed by atoms with van der Waals surface area (Å²) in [7, 11) is 6.06. The van der Waals surface area contributed by atoms with Crippen LogP contribution in [0, 0.1) is 0 Å². The molecule has 0 bridgehead atoms. The van der Waals surface area contributed by atoms with Gasteiger partial charge in [0.05, 0.1) is 6.54 Å². The van der Waals surface area contributed by atoms with E-state index in [1.165, 1.54) is 6.42 Å². The van der Waals surface area contributed by atoms with Crippen molar-refractivity contribution in [2.45, 2.75) is 39.7 Å². The summed E-state index contributed by atoms with van der Waals surface area (Å²) in [6, 6.07) is 0.612. The molecule has 0 amide bonds. The van der Waals surface area contributed by atoms with Gasteiger partial charge >= 0.3 is 0 Å². The van der Waals surface area contributed by atoms with Gasteiger partial charge in [-0.2, -0.15) is 0 Å². The number of aliphatic imine (C=N–C) groups is 1. The number of methoxy groups -OCH3 is 1. The Morgan fingerprint density at radius 3 is 2.42 bits per heavy atom. The van der Waals surface area contributed by atoms with Crippen molar-refractivity contribution in [1.82, 2.24) is 20.4 Å². The monoisotopic (exact) mass is 457 g/mol. The third-order valence-electron chi connectivity index (χ3n) is 4.08. The van der Waals surface area contributed by atoms with Gasteiger partial charge in [-0.25, -0.2) is 0 Å². The van der Waals surface area contributed by atoms with E-state index in [9.17, 15) is 0 Å². The number of guanidine groups is 1. The van der Waals surface area contributed by atoms with Crippen molar-refractivity contribution in [3.05, 3.63) is 0 Å². The highest BCUT2D eigenvalue weighted by Crippen LogP contribution is 1.98. The molecule has 6 nitrogen and oxygen atoms in total. The Hall–Kier alpha value is -0.120. The quantitative estimate of drug-likeness (QED) is 0.191. The number of hydrogen-bond donors (Lipinski definition) is 2. The number of ether oxygens (including phenoxy) is 1. The Morgan fingerprint density at radius 2 is 1.83 bits per heavy atom. The van der Waals surface area contributed by atoms with Crippen LogP contribution in [-0.4, -0.2) is 88.9 Å². The minimum absolute atomic E-state index is 0. The van der Waals surface area contributed by atoms with Gasteiger partial charge in [0, 0.05) is 52.5 Å². The third-order valence-corrected chi connectivity index (χ3v) is 4.08. The summed E-state index contributed by atoms with van der Waals surface area (Å²) in [6.45, 7) is 13.1. The number of likely N-dealkylation sites (N-methyl/N-ethyl adjacent to an activating group) is 2. The van der Waals surface area contributed by atoms with E-state index >= 15 is 0 Å². The second-order valence-electron chi connectivity index (χ2n) is 6.07. The lowest BCUT2D eigenvalue weighted by atomic mass is 10.2. The maximum Gasteiger partial charge on any atom is 0.191 e. The van der Waals surface area contributed by atoms with Crippen LogP contribution in [0.5, 0.6) is 0 Å². The highest BCUT2D eigenvalue weighted by atomic mass is 127. The average Bonchev–Trinajstić information content (AvgIpc) is 2.54. The minimum Gasteiger partial charge on any atom is -0.385 e. The fourth-order valence-corrected chi connectivity index (χ4v) is 2.15. The Kier molecular flexibility index (Phi) is 19.3. The largest absolute Gasteiger partial charge is 0.385 e. The fourth-order valence-electron chi connectivity index (χ4n) is 2.15. The topological polar surface area (TPSA) is 52.1 Å². The van der Waals surface area contributed by atoms with Gasteiger partial charge in [-0.3, -0.25) is 4.99 Å². The molecule has 0 saturated heterocycles. The van der Waals surface area contributed by atoms with Crippen LogP contribution >= 0.6 is 24.0 Å². The summed E-state index contributed by atoms with van der Waals surface area (Å²) in [4.78, 5) is 9.33. The van der Waals surface area contributed by atoms with E-state index in [2.05, 4.69) is 60.3 Å². The lowest BCUT2D eigenvalue weighted by Crippen LogP contribution is -2.41. The van der Waals surface area contributed by atoms with E-state index in [1.807, 2.05) is 0 Å². The van der Waals surface area contributed by atoms with Crippen molar-refractivity contribution in [2.75, 3.05) is 67.1 Å². The first-order valence-electron chi connectivity index (χ1n) is 8.94. The van der Waals surface area contributed by atoms with Crippen LogP contribution < -0.4 is 10.6 Å². The standard InChI is InChI=1S/C17H39N5O.HI/c1-7-16(3)22(5)14-11-20-17(18-8-2)19-10-13-21(4)12-9-15-23-6;/h16H,7-15H2,1-6H3,(H2,18,19,20);1H. The second-order valence-corrected chi connectivity index (χ2v) is 6.07. The zero-order valence-electron chi connectivity index (χ0n) is 16.6. The summed E-state index contributed by atoms with van der Waals surface area (Å²) in [5.74, 6) is 0.912. The Morgan fingerprint density at radius 1 is 1.12 bits per heavy atom. The molecule has 0 aliphatic heterocycles. The van der Waals surface area contributed by atoms with Crippen LogP contribution in [0.25, 0.3) is 0 Å². The minimum atomic E-state index is 0. The first kappa shape index (κ1) is 26.1. The van der Waals surface area contributed by atoms with Crippen LogP contribution in [-0.2, 0) is 4.74 Å². The normalized spacial score (nSPS) is 13.1. The molecule has 0 aliphatic rings. The summed E-state index contributed by atoms with van der Waals surface area (Å²) in [5, 5.41) is 6.71. The van der Waals surface area contributed by atoms with E-state index in [4.69, 9.17) is 4.74 Å². The highest BCUT2D eigenvalue weighted by molar-refractivity contribution is 14.0. The molecule has 0 fully saturated rings. The first-order chi connectivity index (χ1) is 11.0. The lowest BCUT2D eigenvalue weighted by molar-refractivity contribution is 0.180. The van der Waals surface area contributed by atoms with Gasteiger partial charge in [-0.15, -0.1) is 24.0 Å². The lowest BCUT2D eigenvalue weighted by Gasteiger charge is -2.22. The van der Waals surface area contributed by atoms with Crippen LogP contribution in [0.1, 0.15) is 33.6 Å². The first-order valence-corrected chi connectivity index (χ1v) is 8.94. The Balaban J connectivity index is 0. The molecule has 0 saturated carbocycles. The van der Waals surface area contributed by atoms with E-state index in [-0.39, 0.29) is 24.0 Å². The number of halogens is 1. The number of nitrogens with one attached hydrogen (secondary N) is 2. The number of nitrogens with zero attached hydrogens (tertiary/aromatic N) is 3. The predicted molar refractivity (Wildman–Crippen MR) is 116 cm³/mol. The molecule has 0 heterocycles. The molecule has 0 rings (SSSR count). The Labute approximate surface area is 166 Å². The Bertz CT molecular complexity index is 305. The molecule has 0 radical (unpaired) electrons. The van der Waals surface area contributed by atoms with Gasteiger partial charge in [0.25, 0.3) is 0 Å². The molecular weight excluding hydrogens is 417 g/mol. The van der Waals surface area contributed by atoms with Crippen molar-refractivity contribution in [1.29, 1.82) is 0 Å². The van der Waals surface area contributed by atoms with Crippen LogP contribution in [0.3, 0.4) is 0 Å². The van der Waals surface area contributed by atoms with Crippen molar-refractivity contribution in [3.63, 3.8) is 0 Å². The molecule has 146 valence electrons. The molecule has 24 heavy (non-hydrogen) atoms. The highest BCUT2D eigenvalue weighted by Gasteiger charge is 2.05. The maximum atomic E-state index is 5.08. The third kappa shape index (κ3) is 14.2. The predicted octanol–water partition coefficient (Wildman–Crippen LogP) is 1.86. The van der Waals surface area contributed by atoms with Gasteiger partial charge in [0.2, 0.25) is 0 Å². The number of rotatable bonds is 13. The SMILES string of the molecule is CCNC(=NCCN(C)C(C)CC)NCCN(C)CCCOC.I. The van der Waals surface area contributed by atoms with Crippen LogP contribution in [0.2, 0.25) is 0 Å². The molecule has 7 heteroatoms. The molecule has 1 atom stereocenters. The van der Waals surface area contributed by atoms with Gasteiger partial charge in [0.1, 0.15) is 0 Å². The molecule has 0 aromatic rings. The van der Waals surface area contributed by atoms with Crippen LogP contribution in [0.4, 0.5) is 0 Å². The van der Waals surface area contributed by atoms with E-state index < -0.39 is 0 Å². The fraction of sp³-hybridized carbons (Fsp3) is 0.941. The molecule has 0 spiro atoms. The zero-order valence-corrected chi connectivity index (χ0v) is 18.9. The van der Waals surface area contributed by atoms with Gasteiger partial charge in [-0.05, 0) is 40.8 Å².